The van der Waals surface area contributed by atoms with Crippen molar-refractivity contribution in [3.63, 3.8) is 0 Å². The van der Waals surface area contributed by atoms with Gasteiger partial charge in [-0.2, -0.15) is 0 Å². The highest BCUT2D eigenvalue weighted by molar-refractivity contribution is 6.09. The molecule has 1 heterocycles. The van der Waals surface area contributed by atoms with E-state index in [-0.39, 0.29) is 43.3 Å². The Bertz CT molecular complexity index is 1280. The van der Waals surface area contributed by atoms with Crippen molar-refractivity contribution in [1.29, 1.82) is 0 Å². The van der Waals surface area contributed by atoms with Crippen LogP contribution in [0.2, 0.25) is 0 Å². The number of amides is 6. The molecule has 2 aliphatic carbocycles. The molecule has 2 atom stereocenters. The number of nitrogens with zero attached hydrogens (tertiary/aromatic N) is 2. The van der Waals surface area contributed by atoms with E-state index in [9.17, 15) is 23.6 Å². The Morgan fingerprint density at radius 1 is 1.16 bits per heavy atom. The lowest BCUT2D eigenvalue weighted by Crippen LogP contribution is -2.52. The Morgan fingerprint density at radius 3 is 2.58 bits per heavy atom. The van der Waals surface area contributed by atoms with Crippen molar-refractivity contribution in [3.8, 4) is 0 Å². The van der Waals surface area contributed by atoms with Gasteiger partial charge in [0.05, 0.1) is 0 Å². The van der Waals surface area contributed by atoms with Crippen molar-refractivity contribution < 1.29 is 23.6 Å². The number of urea groups is 2. The Balaban J connectivity index is 1.32. The van der Waals surface area contributed by atoms with Crippen LogP contribution in [-0.2, 0) is 29.0 Å². The van der Waals surface area contributed by atoms with Crippen LogP contribution in [0.4, 0.5) is 19.7 Å². The maximum Gasteiger partial charge on any atom is 0.325 e. The van der Waals surface area contributed by atoms with Gasteiger partial charge in [-0.25, -0.2) is 14.0 Å². The Morgan fingerprint density at radius 2 is 1.89 bits per heavy atom. The summed E-state index contributed by atoms with van der Waals surface area (Å²) in [5.41, 5.74) is 2.17. The first-order chi connectivity index (χ1) is 18.2. The summed E-state index contributed by atoms with van der Waals surface area (Å²) in [5.74, 6) is -0.701. The molecule has 9 nitrogen and oxygen atoms in total. The molecule has 1 spiro atoms. The zero-order chi connectivity index (χ0) is 27.0. The average Bonchev–Trinajstić information content (AvgIpc) is 3.73. The van der Waals surface area contributed by atoms with E-state index in [1.165, 1.54) is 19.2 Å². The van der Waals surface area contributed by atoms with Crippen molar-refractivity contribution >= 4 is 29.6 Å². The second-order valence-corrected chi connectivity index (χ2v) is 10.5. The maximum atomic E-state index is 13.6. The Hall–Kier alpha value is -3.95. The molecule has 2 fully saturated rings. The van der Waals surface area contributed by atoms with E-state index < -0.39 is 17.5 Å². The molecule has 0 bridgehead atoms. The summed E-state index contributed by atoms with van der Waals surface area (Å²) in [6.45, 7) is 1.91. The van der Waals surface area contributed by atoms with Crippen LogP contribution in [0.15, 0.2) is 42.5 Å². The summed E-state index contributed by atoms with van der Waals surface area (Å²) in [4.78, 5) is 54.6. The number of hydrogen-bond acceptors (Lipinski definition) is 4. The predicted octanol–water partition coefficient (Wildman–Crippen LogP) is 3.18. The van der Waals surface area contributed by atoms with Crippen LogP contribution >= 0.6 is 0 Å². The van der Waals surface area contributed by atoms with Crippen molar-refractivity contribution in [1.82, 2.24) is 20.4 Å². The number of imide groups is 1. The van der Waals surface area contributed by atoms with Crippen LogP contribution in [0.1, 0.15) is 42.9 Å². The molecule has 6 amide bonds. The van der Waals surface area contributed by atoms with Crippen LogP contribution in [-0.4, -0.2) is 58.8 Å². The van der Waals surface area contributed by atoms with Crippen LogP contribution in [0, 0.1) is 11.7 Å². The monoisotopic (exact) mass is 521 g/mol. The van der Waals surface area contributed by atoms with E-state index in [4.69, 9.17) is 0 Å². The maximum absolute atomic E-state index is 13.6. The van der Waals surface area contributed by atoms with Crippen molar-refractivity contribution in [2.45, 2.75) is 57.2 Å². The van der Waals surface area contributed by atoms with Gasteiger partial charge in [0.2, 0.25) is 5.91 Å². The van der Waals surface area contributed by atoms with Gasteiger partial charge in [-0.05, 0) is 79.5 Å². The first kappa shape index (κ1) is 25.7. The van der Waals surface area contributed by atoms with E-state index in [2.05, 4.69) is 16.0 Å². The van der Waals surface area contributed by atoms with Crippen LogP contribution in [0.25, 0.3) is 0 Å². The quantitative estimate of drug-likeness (QED) is 0.486. The van der Waals surface area contributed by atoms with Gasteiger partial charge in [-0.3, -0.25) is 14.5 Å². The minimum atomic E-state index is -1.13. The highest BCUT2D eigenvalue weighted by Gasteiger charge is 2.53. The number of halogens is 1. The van der Waals surface area contributed by atoms with Crippen LogP contribution in [0.5, 0.6) is 0 Å². The molecule has 2 aromatic rings. The normalized spacial score (nSPS) is 21.1. The standard InChI is InChI=1S/C28H32FN5O4/c1-17(19-5-6-19)33(15-18-3-8-22(29)9-4-18)24(35)16-34-25(36)28(32-27(34)38)12-11-20-7-10-23(13-21(20)14-28)31-26(37)30-2/h3-4,7-10,13,17,19H,5-6,11-12,14-16H2,1-2H3,(H,32,38)(H2,30,31,37)/t17-,28?/m0/s1. The first-order valence-corrected chi connectivity index (χ1v) is 13.0. The zero-order valence-corrected chi connectivity index (χ0v) is 21.6. The molecular formula is C28H32FN5O4. The van der Waals surface area contributed by atoms with E-state index in [0.717, 1.165) is 34.4 Å². The second kappa shape index (κ2) is 10.1. The summed E-state index contributed by atoms with van der Waals surface area (Å²) < 4.78 is 13.4. The molecule has 1 aliphatic heterocycles. The van der Waals surface area contributed by atoms with E-state index in [1.807, 2.05) is 25.1 Å². The fraction of sp³-hybridized carbons (Fsp3) is 0.429. The lowest BCUT2D eigenvalue weighted by molar-refractivity contribution is -0.141. The number of carbonyl (C=O) groups excluding carboxylic acids is 4. The molecule has 0 aromatic heterocycles. The summed E-state index contributed by atoms with van der Waals surface area (Å²) in [7, 11) is 1.53. The van der Waals surface area contributed by atoms with Crippen LogP contribution < -0.4 is 16.0 Å². The largest absolute Gasteiger partial charge is 0.341 e. The van der Waals surface area contributed by atoms with Gasteiger partial charge in [-0.1, -0.05) is 18.2 Å². The topological polar surface area (TPSA) is 111 Å². The molecule has 2 aromatic carbocycles. The van der Waals surface area contributed by atoms with Crippen molar-refractivity contribution in [3.05, 3.63) is 65.0 Å². The number of nitrogens with one attached hydrogen (secondary N) is 3. The molecule has 3 N–H and O–H groups in total. The van der Waals surface area contributed by atoms with Gasteiger partial charge in [0.15, 0.2) is 0 Å². The van der Waals surface area contributed by atoms with Gasteiger partial charge in [0.1, 0.15) is 17.9 Å². The molecule has 1 saturated carbocycles. The number of rotatable bonds is 7. The number of hydrogen-bond donors (Lipinski definition) is 3. The number of carbonyl (C=O) groups is 4. The molecule has 200 valence electrons. The summed E-state index contributed by atoms with van der Waals surface area (Å²) in [5, 5.41) is 8.11. The number of aryl methyl sites for hydroxylation is 1. The SMILES string of the molecule is CNC(=O)Nc1ccc2c(c1)CC1(CC2)NC(=O)N(CC(=O)N(Cc2ccc(F)cc2)[C@@H](C)C2CC2)C1=O. The number of anilines is 1. The summed E-state index contributed by atoms with van der Waals surface area (Å²) in [6.07, 6.45) is 3.33. The Kier molecular flexibility index (Phi) is 6.81. The highest BCUT2D eigenvalue weighted by Crippen LogP contribution is 2.37. The molecule has 0 radical (unpaired) electrons. The minimum Gasteiger partial charge on any atom is -0.341 e. The van der Waals surface area contributed by atoms with Gasteiger partial charge < -0.3 is 20.9 Å². The van der Waals surface area contributed by atoms with Gasteiger partial charge in [0, 0.05) is 31.7 Å². The fourth-order valence-electron chi connectivity index (χ4n) is 5.48. The van der Waals surface area contributed by atoms with E-state index >= 15 is 0 Å². The lowest BCUT2D eigenvalue weighted by Gasteiger charge is -2.33. The average molecular weight is 522 g/mol. The second-order valence-electron chi connectivity index (χ2n) is 10.5. The molecular weight excluding hydrogens is 489 g/mol. The Labute approximate surface area is 220 Å². The van der Waals surface area contributed by atoms with Gasteiger partial charge >= 0.3 is 12.1 Å². The molecule has 1 unspecified atom stereocenters. The zero-order valence-electron chi connectivity index (χ0n) is 21.6. The first-order valence-electron chi connectivity index (χ1n) is 13.0. The summed E-state index contributed by atoms with van der Waals surface area (Å²) >= 11 is 0. The number of benzene rings is 2. The smallest absolute Gasteiger partial charge is 0.325 e. The molecule has 1 saturated heterocycles. The van der Waals surface area contributed by atoms with Crippen LogP contribution in [0.3, 0.4) is 0 Å². The van der Waals surface area contributed by atoms with E-state index in [1.54, 1.807) is 17.0 Å². The van der Waals surface area contributed by atoms with Gasteiger partial charge in [-0.15, -0.1) is 0 Å². The third kappa shape index (κ3) is 5.07. The van der Waals surface area contributed by atoms with Crippen molar-refractivity contribution in [2.24, 2.45) is 5.92 Å². The van der Waals surface area contributed by atoms with Gasteiger partial charge in [0.25, 0.3) is 5.91 Å². The molecule has 5 rings (SSSR count). The molecule has 38 heavy (non-hydrogen) atoms. The minimum absolute atomic E-state index is 0.0601. The third-order valence-corrected chi connectivity index (χ3v) is 7.93. The summed E-state index contributed by atoms with van der Waals surface area (Å²) in [6, 6.07) is 10.6. The predicted molar refractivity (Wildman–Crippen MR) is 139 cm³/mol. The molecule has 10 heteroatoms. The van der Waals surface area contributed by atoms with Crippen molar-refractivity contribution in [2.75, 3.05) is 18.9 Å². The highest BCUT2D eigenvalue weighted by atomic mass is 19.1. The third-order valence-electron chi connectivity index (χ3n) is 7.93. The number of fused-ring (bicyclic) bond motifs is 1. The van der Waals surface area contributed by atoms with E-state index in [0.29, 0.717) is 24.4 Å². The molecule has 3 aliphatic rings. The fourth-order valence-corrected chi connectivity index (χ4v) is 5.48. The lowest BCUT2D eigenvalue weighted by atomic mass is 9.77.